The summed E-state index contributed by atoms with van der Waals surface area (Å²) in [7, 11) is 0. The summed E-state index contributed by atoms with van der Waals surface area (Å²) in [6, 6.07) is 3.59. The number of hydrogen-bond acceptors (Lipinski definition) is 3. The Balaban J connectivity index is 2.02. The Labute approximate surface area is 161 Å². The minimum absolute atomic E-state index is 0.0152. The average Bonchev–Trinajstić information content (AvgIpc) is 2.93. The number of halogens is 2. The van der Waals surface area contributed by atoms with Gasteiger partial charge in [-0.3, -0.25) is 4.79 Å². The molecule has 0 radical (unpaired) electrons. The second-order valence-corrected chi connectivity index (χ2v) is 8.11. The Bertz CT molecular complexity index is 822. The van der Waals surface area contributed by atoms with E-state index in [1.807, 2.05) is 17.6 Å². The predicted molar refractivity (Wildman–Crippen MR) is 103 cm³/mol. The first kappa shape index (κ1) is 18.9. The van der Waals surface area contributed by atoms with Crippen LogP contribution in [0.5, 0.6) is 0 Å². The Morgan fingerprint density at radius 1 is 1.32 bits per heavy atom. The summed E-state index contributed by atoms with van der Waals surface area (Å²) in [6.45, 7) is 3.76. The number of benzene rings is 1. The van der Waals surface area contributed by atoms with Crippen molar-refractivity contribution in [3.8, 4) is 0 Å². The van der Waals surface area contributed by atoms with E-state index in [0.717, 1.165) is 35.9 Å². The van der Waals surface area contributed by atoms with Gasteiger partial charge in [-0.25, -0.2) is 0 Å². The standard InChI is InChI=1S/C18H22Cl2N2O2S/c1-2-24-9-8-22-16-14(20)10-13(19)11-15(16)25-18(22)21-17(23)12-6-4-3-5-7-12/h10-12H,2-9H2,1H3. The van der Waals surface area contributed by atoms with E-state index in [2.05, 4.69) is 4.99 Å². The number of aromatic nitrogens is 1. The smallest absolute Gasteiger partial charge is 0.251 e. The number of amides is 1. The number of ether oxygens (including phenoxy) is 1. The van der Waals surface area contributed by atoms with Gasteiger partial charge in [-0.2, -0.15) is 4.99 Å². The van der Waals surface area contributed by atoms with E-state index >= 15 is 0 Å². The molecule has 136 valence electrons. The van der Waals surface area contributed by atoms with Crippen LogP contribution in [-0.2, 0) is 16.1 Å². The lowest BCUT2D eigenvalue weighted by atomic mass is 9.89. The molecule has 1 aromatic heterocycles. The van der Waals surface area contributed by atoms with Crippen LogP contribution in [-0.4, -0.2) is 23.7 Å². The maximum atomic E-state index is 12.6. The lowest BCUT2D eigenvalue weighted by molar-refractivity contribution is -0.122. The largest absolute Gasteiger partial charge is 0.380 e. The molecule has 0 aliphatic heterocycles. The van der Waals surface area contributed by atoms with E-state index in [1.165, 1.54) is 17.8 Å². The fraction of sp³-hybridized carbons (Fsp3) is 0.556. The van der Waals surface area contributed by atoms with Crippen molar-refractivity contribution in [1.82, 2.24) is 4.57 Å². The van der Waals surface area contributed by atoms with Gasteiger partial charge in [0.2, 0.25) is 0 Å². The van der Waals surface area contributed by atoms with E-state index < -0.39 is 0 Å². The second-order valence-electron chi connectivity index (χ2n) is 6.25. The second kappa shape index (κ2) is 8.67. The minimum atomic E-state index is -0.0152. The number of thiazole rings is 1. The van der Waals surface area contributed by atoms with Crippen LogP contribution in [0.2, 0.25) is 10.0 Å². The van der Waals surface area contributed by atoms with Gasteiger partial charge in [-0.05, 0) is 31.9 Å². The first-order chi connectivity index (χ1) is 12.1. The van der Waals surface area contributed by atoms with Gasteiger partial charge in [-0.15, -0.1) is 0 Å². The van der Waals surface area contributed by atoms with Gasteiger partial charge in [-0.1, -0.05) is 53.8 Å². The van der Waals surface area contributed by atoms with Crippen molar-refractivity contribution in [2.45, 2.75) is 45.6 Å². The average molecular weight is 401 g/mol. The zero-order valence-corrected chi connectivity index (χ0v) is 16.6. The Hall–Kier alpha value is -0.880. The summed E-state index contributed by atoms with van der Waals surface area (Å²) in [6.07, 6.45) is 5.33. The van der Waals surface area contributed by atoms with E-state index in [0.29, 0.717) is 34.6 Å². The van der Waals surface area contributed by atoms with Gasteiger partial charge in [0.1, 0.15) is 0 Å². The van der Waals surface area contributed by atoms with Crippen molar-refractivity contribution in [2.75, 3.05) is 13.2 Å². The number of fused-ring (bicyclic) bond motifs is 1. The summed E-state index contributed by atoms with van der Waals surface area (Å²) in [5, 5.41) is 1.16. The monoisotopic (exact) mass is 400 g/mol. The third kappa shape index (κ3) is 4.45. The molecule has 7 heteroatoms. The Morgan fingerprint density at radius 2 is 2.08 bits per heavy atom. The van der Waals surface area contributed by atoms with Crippen molar-refractivity contribution in [1.29, 1.82) is 0 Å². The summed E-state index contributed by atoms with van der Waals surface area (Å²) in [4.78, 5) is 17.7. The highest BCUT2D eigenvalue weighted by Gasteiger charge is 2.21. The summed E-state index contributed by atoms with van der Waals surface area (Å²) in [5.74, 6) is 0.0389. The summed E-state index contributed by atoms with van der Waals surface area (Å²) < 4.78 is 8.40. The van der Waals surface area contributed by atoms with Gasteiger partial charge in [0, 0.05) is 24.1 Å². The molecular formula is C18H22Cl2N2O2S. The molecule has 3 rings (SSSR count). The normalized spacial score (nSPS) is 16.7. The lowest BCUT2D eigenvalue weighted by Crippen LogP contribution is -2.23. The van der Waals surface area contributed by atoms with Crippen LogP contribution < -0.4 is 4.80 Å². The molecule has 0 saturated heterocycles. The van der Waals surface area contributed by atoms with Gasteiger partial charge in [0.25, 0.3) is 5.91 Å². The zero-order valence-electron chi connectivity index (χ0n) is 14.3. The number of nitrogens with zero attached hydrogens (tertiary/aromatic N) is 2. The first-order valence-corrected chi connectivity index (χ1v) is 10.3. The number of rotatable bonds is 5. The van der Waals surface area contributed by atoms with Gasteiger partial charge in [0.05, 0.1) is 21.8 Å². The third-order valence-corrected chi connectivity index (χ3v) is 6.05. The maximum absolute atomic E-state index is 12.6. The third-order valence-electron chi connectivity index (χ3n) is 4.52. The topological polar surface area (TPSA) is 43.6 Å². The van der Waals surface area contributed by atoms with Crippen LogP contribution in [0.3, 0.4) is 0 Å². The molecule has 1 aliphatic carbocycles. The molecule has 1 aliphatic rings. The van der Waals surface area contributed by atoms with Crippen molar-refractivity contribution < 1.29 is 9.53 Å². The van der Waals surface area contributed by atoms with Crippen LogP contribution >= 0.6 is 34.5 Å². The van der Waals surface area contributed by atoms with E-state index in [4.69, 9.17) is 27.9 Å². The van der Waals surface area contributed by atoms with Crippen molar-refractivity contribution in [2.24, 2.45) is 10.9 Å². The lowest BCUT2D eigenvalue weighted by Gasteiger charge is -2.17. The fourth-order valence-corrected chi connectivity index (χ4v) is 5.10. The number of carbonyl (C=O) groups is 1. The highest BCUT2D eigenvalue weighted by Crippen LogP contribution is 2.30. The highest BCUT2D eigenvalue weighted by atomic mass is 35.5. The molecule has 0 spiro atoms. The van der Waals surface area contributed by atoms with Crippen LogP contribution in [0.25, 0.3) is 10.2 Å². The van der Waals surface area contributed by atoms with Crippen molar-refractivity contribution >= 4 is 50.7 Å². The zero-order chi connectivity index (χ0) is 17.8. The van der Waals surface area contributed by atoms with E-state index in [-0.39, 0.29) is 11.8 Å². The van der Waals surface area contributed by atoms with Gasteiger partial charge in [0.15, 0.2) is 4.80 Å². The SMILES string of the molecule is CCOCCn1c(=NC(=O)C2CCCCC2)sc2cc(Cl)cc(Cl)c21. The quantitative estimate of drug-likeness (QED) is 0.658. The summed E-state index contributed by atoms with van der Waals surface area (Å²) >= 11 is 14.0. The molecule has 2 aromatic rings. The number of hydrogen-bond donors (Lipinski definition) is 0. The van der Waals surface area contributed by atoms with Crippen LogP contribution in [0.15, 0.2) is 17.1 Å². The fourth-order valence-electron chi connectivity index (χ4n) is 3.26. The molecule has 0 N–H and O–H groups in total. The molecule has 4 nitrogen and oxygen atoms in total. The van der Waals surface area contributed by atoms with Crippen LogP contribution in [0, 0.1) is 5.92 Å². The van der Waals surface area contributed by atoms with Gasteiger partial charge < -0.3 is 9.30 Å². The first-order valence-electron chi connectivity index (χ1n) is 8.75. The highest BCUT2D eigenvalue weighted by molar-refractivity contribution is 7.16. The molecule has 1 aromatic carbocycles. The molecule has 0 atom stereocenters. The maximum Gasteiger partial charge on any atom is 0.251 e. The van der Waals surface area contributed by atoms with Crippen molar-refractivity contribution in [3.05, 3.63) is 27.0 Å². The molecule has 0 unspecified atom stereocenters. The van der Waals surface area contributed by atoms with Crippen LogP contribution in [0.4, 0.5) is 0 Å². The van der Waals surface area contributed by atoms with Gasteiger partial charge >= 0.3 is 0 Å². The van der Waals surface area contributed by atoms with Crippen LogP contribution in [0.1, 0.15) is 39.0 Å². The molecule has 1 saturated carbocycles. The molecule has 0 bridgehead atoms. The number of carbonyl (C=O) groups excluding carboxylic acids is 1. The molecule has 1 amide bonds. The molecule has 1 heterocycles. The summed E-state index contributed by atoms with van der Waals surface area (Å²) in [5.41, 5.74) is 0.867. The van der Waals surface area contributed by atoms with E-state index in [9.17, 15) is 4.79 Å². The minimum Gasteiger partial charge on any atom is -0.380 e. The van der Waals surface area contributed by atoms with E-state index in [1.54, 1.807) is 6.07 Å². The predicted octanol–water partition coefficient (Wildman–Crippen LogP) is 5.05. The molecule has 25 heavy (non-hydrogen) atoms. The molecular weight excluding hydrogens is 379 g/mol. The molecule has 1 fully saturated rings. The Kier molecular flexibility index (Phi) is 6.55. The Morgan fingerprint density at radius 3 is 2.80 bits per heavy atom. The van der Waals surface area contributed by atoms with Crippen molar-refractivity contribution in [3.63, 3.8) is 0 Å².